The van der Waals surface area contributed by atoms with E-state index in [2.05, 4.69) is 20.6 Å². The normalized spacial score (nSPS) is 17.9. The lowest BCUT2D eigenvalue weighted by Crippen LogP contribution is -2.37. The molecule has 13 heteroatoms. The van der Waals surface area contributed by atoms with Gasteiger partial charge in [0.25, 0.3) is 0 Å². The van der Waals surface area contributed by atoms with Gasteiger partial charge in [-0.3, -0.25) is 15.5 Å². The van der Waals surface area contributed by atoms with E-state index in [4.69, 9.17) is 14.2 Å². The quantitative estimate of drug-likeness (QED) is 0.321. The van der Waals surface area contributed by atoms with Crippen molar-refractivity contribution in [3.8, 4) is 17.0 Å². The molecule has 3 heterocycles. The highest BCUT2D eigenvalue weighted by Crippen LogP contribution is 2.42. The number of carbonyl (C=O) groups excluding carboxylic acids is 2. The van der Waals surface area contributed by atoms with Crippen molar-refractivity contribution in [2.24, 2.45) is 5.92 Å². The lowest BCUT2D eigenvalue weighted by atomic mass is 9.84. The molecule has 2 aliphatic rings. The van der Waals surface area contributed by atoms with Crippen LogP contribution in [0.25, 0.3) is 21.9 Å². The molecule has 1 aliphatic carbocycles. The molecule has 3 aromatic rings. The Morgan fingerprint density at radius 2 is 1.86 bits per heavy atom. The minimum Gasteiger partial charge on any atom is -0.474 e. The number of anilines is 3. The lowest BCUT2D eigenvalue weighted by molar-refractivity contribution is 0.0172. The zero-order chi connectivity index (χ0) is 30.3. The summed E-state index contributed by atoms with van der Waals surface area (Å²) >= 11 is 0. The van der Waals surface area contributed by atoms with Crippen LogP contribution >= 0.6 is 0 Å². The molecule has 1 saturated carbocycles. The van der Waals surface area contributed by atoms with Gasteiger partial charge in [0.05, 0.1) is 12.2 Å². The summed E-state index contributed by atoms with van der Waals surface area (Å²) in [5.74, 6) is -0.250. The molecule has 1 aliphatic heterocycles. The Kier molecular flexibility index (Phi) is 7.52. The van der Waals surface area contributed by atoms with E-state index < -0.39 is 29.7 Å². The summed E-state index contributed by atoms with van der Waals surface area (Å²) in [5, 5.41) is 15.5. The molecule has 0 spiro atoms. The Labute approximate surface area is 241 Å². The molecule has 12 nitrogen and oxygen atoms in total. The second-order valence-electron chi connectivity index (χ2n) is 11.4. The molecule has 3 N–H and O–H groups in total. The largest absolute Gasteiger partial charge is 0.474 e. The molecule has 1 fully saturated rings. The third-order valence-corrected chi connectivity index (χ3v) is 7.23. The molecular weight excluding hydrogens is 549 g/mol. The van der Waals surface area contributed by atoms with Crippen LogP contribution in [0.15, 0.2) is 24.5 Å². The van der Waals surface area contributed by atoms with Crippen molar-refractivity contribution in [1.82, 2.24) is 9.97 Å². The second kappa shape index (κ2) is 11.0. The Balaban J connectivity index is 1.60. The highest BCUT2D eigenvalue weighted by molar-refractivity contribution is 6.04. The predicted molar refractivity (Wildman–Crippen MR) is 153 cm³/mol. The Hall–Kier alpha value is -4.68. The van der Waals surface area contributed by atoms with Crippen LogP contribution in [0.3, 0.4) is 0 Å². The lowest BCUT2D eigenvalue weighted by Gasteiger charge is -2.32. The van der Waals surface area contributed by atoms with E-state index in [0.717, 1.165) is 17.7 Å². The number of rotatable bonds is 4. The van der Waals surface area contributed by atoms with Gasteiger partial charge in [0, 0.05) is 28.9 Å². The van der Waals surface area contributed by atoms with Gasteiger partial charge in [-0.25, -0.2) is 28.7 Å². The Morgan fingerprint density at radius 1 is 1.10 bits per heavy atom. The summed E-state index contributed by atoms with van der Waals surface area (Å²) in [6, 6.07) is 3.04. The molecule has 1 aromatic carbocycles. The van der Waals surface area contributed by atoms with Crippen molar-refractivity contribution in [1.29, 1.82) is 0 Å². The molecule has 0 radical (unpaired) electrons. The number of nitrogens with one attached hydrogen (secondary N) is 2. The van der Waals surface area contributed by atoms with Crippen LogP contribution in [0.2, 0.25) is 0 Å². The van der Waals surface area contributed by atoms with Gasteiger partial charge in [-0.15, -0.1) is 0 Å². The first-order chi connectivity index (χ1) is 19.8. The molecule has 2 unspecified atom stereocenters. The fourth-order valence-electron chi connectivity index (χ4n) is 4.95. The van der Waals surface area contributed by atoms with E-state index in [0.29, 0.717) is 10.9 Å². The van der Waals surface area contributed by atoms with Gasteiger partial charge in [-0.05, 0) is 69.5 Å². The number of halogens is 1. The Morgan fingerprint density at radius 3 is 2.50 bits per heavy atom. The second-order valence-corrected chi connectivity index (χ2v) is 11.4. The molecule has 0 saturated heterocycles. The van der Waals surface area contributed by atoms with Gasteiger partial charge in [0.15, 0.2) is 5.82 Å². The van der Waals surface area contributed by atoms with Crippen molar-refractivity contribution in [2.75, 3.05) is 28.7 Å². The molecule has 5 rings (SSSR count). The average molecular weight is 582 g/mol. The van der Waals surface area contributed by atoms with E-state index in [-0.39, 0.29) is 64.8 Å². The van der Waals surface area contributed by atoms with E-state index in [1.165, 1.54) is 24.5 Å². The van der Waals surface area contributed by atoms with Crippen LogP contribution in [0.4, 0.5) is 36.0 Å². The summed E-state index contributed by atoms with van der Waals surface area (Å²) in [5.41, 5.74) is -0.125. The molecule has 2 atom stereocenters. The van der Waals surface area contributed by atoms with E-state index in [9.17, 15) is 19.5 Å². The number of carbonyl (C=O) groups is 3. The number of aromatic nitrogens is 2. The van der Waals surface area contributed by atoms with E-state index >= 15 is 4.39 Å². The molecular formula is C29H32FN5O7. The number of hydrogen-bond donors (Lipinski definition) is 3. The average Bonchev–Trinajstić information content (AvgIpc) is 2.91. The molecule has 2 aromatic heterocycles. The highest BCUT2D eigenvalue weighted by atomic mass is 19.1. The first-order valence-corrected chi connectivity index (χ1v) is 13.6. The number of amides is 3. The minimum absolute atomic E-state index is 0.0280. The summed E-state index contributed by atoms with van der Waals surface area (Å²) < 4.78 is 32.7. The van der Waals surface area contributed by atoms with Gasteiger partial charge < -0.3 is 19.3 Å². The fraction of sp³-hybridized carbons (Fsp3) is 0.414. The van der Waals surface area contributed by atoms with Gasteiger partial charge in [0.2, 0.25) is 5.88 Å². The number of ether oxygens (including phenoxy) is 3. The smallest absolute Gasteiger partial charge is 0.413 e. The van der Waals surface area contributed by atoms with Crippen molar-refractivity contribution < 1.29 is 38.1 Å². The fourth-order valence-corrected chi connectivity index (χ4v) is 4.95. The van der Waals surface area contributed by atoms with Gasteiger partial charge in [-0.2, -0.15) is 0 Å². The maximum atomic E-state index is 16.3. The van der Waals surface area contributed by atoms with Crippen LogP contribution in [-0.2, 0) is 9.47 Å². The maximum absolute atomic E-state index is 16.3. The number of hydrogen-bond acceptors (Lipinski definition) is 8. The molecule has 42 heavy (non-hydrogen) atoms. The van der Waals surface area contributed by atoms with Crippen molar-refractivity contribution >= 4 is 46.2 Å². The Bertz CT molecular complexity index is 1590. The summed E-state index contributed by atoms with van der Waals surface area (Å²) in [6.45, 7) is 8.89. The van der Waals surface area contributed by atoms with E-state index in [1.54, 1.807) is 27.7 Å². The topological polar surface area (TPSA) is 152 Å². The minimum atomic E-state index is -1.20. The zero-order valence-electron chi connectivity index (χ0n) is 23.9. The summed E-state index contributed by atoms with van der Waals surface area (Å²) in [7, 11) is 0. The molecule has 222 valence electrons. The van der Waals surface area contributed by atoms with Crippen LogP contribution in [0.1, 0.15) is 46.1 Å². The number of nitrogens with zero attached hydrogens (tertiary/aromatic N) is 3. The van der Waals surface area contributed by atoms with Gasteiger partial charge in [0.1, 0.15) is 29.8 Å². The zero-order valence-corrected chi connectivity index (χ0v) is 23.9. The SMILES string of the molecule is Cc1c(-c2cc3cc(NC(=O)OC4CCC4C)ncc3c(NC(=O)OC(C)(C)C)c2F)cnc2c1N(C(=O)O)CCO2. The third kappa shape index (κ3) is 5.71. The maximum Gasteiger partial charge on any atom is 0.413 e. The first-order valence-electron chi connectivity index (χ1n) is 13.6. The van der Waals surface area contributed by atoms with E-state index in [1.807, 2.05) is 6.92 Å². The number of fused-ring (bicyclic) bond motifs is 2. The summed E-state index contributed by atoms with van der Waals surface area (Å²) in [6.07, 6.45) is 1.60. The third-order valence-electron chi connectivity index (χ3n) is 7.23. The molecule has 3 amide bonds. The molecule has 0 bridgehead atoms. The number of pyridine rings is 2. The van der Waals surface area contributed by atoms with Crippen LogP contribution < -0.4 is 20.3 Å². The number of carboxylic acid groups (broad SMARTS) is 1. The van der Waals surface area contributed by atoms with Crippen LogP contribution in [0, 0.1) is 18.7 Å². The first kappa shape index (κ1) is 28.8. The van der Waals surface area contributed by atoms with Gasteiger partial charge >= 0.3 is 18.3 Å². The van der Waals surface area contributed by atoms with Gasteiger partial charge in [-0.1, -0.05) is 6.92 Å². The van der Waals surface area contributed by atoms with Crippen molar-refractivity contribution in [3.05, 3.63) is 35.9 Å². The highest BCUT2D eigenvalue weighted by Gasteiger charge is 2.31. The number of benzene rings is 1. The van der Waals surface area contributed by atoms with Crippen molar-refractivity contribution in [3.63, 3.8) is 0 Å². The van der Waals surface area contributed by atoms with Crippen LogP contribution in [-0.4, -0.2) is 58.2 Å². The standard InChI is InChI=1S/C29H32FN5O7/c1-14-6-7-20(14)41-26(36)33-21-11-16-10-17(18-12-32-25-24(15(18)2)35(28(38)39)8-9-40-25)22(30)23(19(16)13-31-21)34-27(37)42-29(3,4)5/h10-14,20H,6-9H2,1-5H3,(H,34,37)(H,38,39)(H,31,33,36). The van der Waals surface area contributed by atoms with Crippen molar-refractivity contribution in [2.45, 2.75) is 59.2 Å². The predicted octanol–water partition coefficient (Wildman–Crippen LogP) is 6.32. The summed E-state index contributed by atoms with van der Waals surface area (Å²) in [4.78, 5) is 46.7. The van der Waals surface area contributed by atoms with Crippen LogP contribution in [0.5, 0.6) is 5.88 Å². The monoisotopic (exact) mass is 581 g/mol.